The molecule has 1 nitrogen and oxygen atoms in total. The van der Waals surface area contributed by atoms with Crippen LogP contribution >= 0.6 is 0 Å². The maximum absolute atomic E-state index is 3.36. The average Bonchev–Trinajstić information content (AvgIpc) is 2.21. The summed E-state index contributed by atoms with van der Waals surface area (Å²) in [5, 5.41) is 3.36. The molecule has 0 aromatic heterocycles. The van der Waals surface area contributed by atoms with Gasteiger partial charge in [0.1, 0.15) is 0 Å². The third-order valence-corrected chi connectivity index (χ3v) is 2.76. The van der Waals surface area contributed by atoms with E-state index < -0.39 is 0 Å². The Kier molecular flexibility index (Phi) is 4.99. The molecule has 1 aromatic carbocycles. The van der Waals surface area contributed by atoms with Gasteiger partial charge in [0.2, 0.25) is 0 Å². The molecule has 0 amide bonds. The molecule has 0 aliphatic carbocycles. The zero-order valence-electron chi connectivity index (χ0n) is 12.5. The van der Waals surface area contributed by atoms with Crippen LogP contribution in [0.3, 0.4) is 0 Å². The van der Waals surface area contributed by atoms with Crippen molar-refractivity contribution in [3.8, 4) is 11.8 Å². The van der Waals surface area contributed by atoms with Crippen molar-refractivity contribution in [1.29, 1.82) is 0 Å². The van der Waals surface area contributed by atoms with Crippen molar-refractivity contribution in [1.82, 2.24) is 5.32 Å². The first-order valence-electron chi connectivity index (χ1n) is 6.57. The number of nitrogens with one attached hydrogen (secondary N) is 1. The number of rotatable bonds is 3. The minimum absolute atomic E-state index is 0.0841. The highest BCUT2D eigenvalue weighted by molar-refractivity contribution is 5.31. The molecule has 0 bridgehead atoms. The lowest BCUT2D eigenvalue weighted by Gasteiger charge is -2.16. The summed E-state index contributed by atoms with van der Waals surface area (Å²) in [4.78, 5) is 0. The van der Waals surface area contributed by atoms with Gasteiger partial charge in [-0.25, -0.2) is 0 Å². The van der Waals surface area contributed by atoms with Crippen LogP contribution in [0.25, 0.3) is 0 Å². The molecule has 1 heteroatoms. The molecule has 18 heavy (non-hydrogen) atoms. The summed E-state index contributed by atoms with van der Waals surface area (Å²) in [6, 6.07) is 7.01. The van der Waals surface area contributed by atoms with Crippen LogP contribution in [-0.2, 0) is 0 Å². The van der Waals surface area contributed by atoms with Crippen LogP contribution in [0.5, 0.6) is 0 Å². The van der Waals surface area contributed by atoms with E-state index in [0.29, 0.717) is 6.04 Å². The van der Waals surface area contributed by atoms with Crippen molar-refractivity contribution in [2.24, 2.45) is 5.41 Å². The van der Waals surface area contributed by atoms with Crippen molar-refractivity contribution in [3.63, 3.8) is 0 Å². The summed E-state index contributed by atoms with van der Waals surface area (Å²) in [6.07, 6.45) is 0.858. The highest BCUT2D eigenvalue weighted by Gasteiger charge is 2.09. The molecule has 98 valence electrons. The molecule has 0 aliphatic heterocycles. The van der Waals surface area contributed by atoms with Gasteiger partial charge >= 0.3 is 0 Å². The molecular weight excluding hydrogens is 218 g/mol. The third kappa shape index (κ3) is 4.94. The van der Waals surface area contributed by atoms with Crippen LogP contribution in [0.15, 0.2) is 18.2 Å². The lowest BCUT2D eigenvalue weighted by molar-refractivity contribution is 0.566. The van der Waals surface area contributed by atoms with Crippen LogP contribution in [-0.4, -0.2) is 7.05 Å². The molecule has 0 spiro atoms. The lowest BCUT2D eigenvalue weighted by atomic mass is 9.96. The van der Waals surface area contributed by atoms with Crippen molar-refractivity contribution >= 4 is 0 Å². The fourth-order valence-corrected chi connectivity index (χ4v) is 2.02. The van der Waals surface area contributed by atoms with E-state index in [1.54, 1.807) is 0 Å². The van der Waals surface area contributed by atoms with E-state index in [1.165, 1.54) is 16.7 Å². The predicted octanol–water partition coefficient (Wildman–Crippen LogP) is 4.00. The maximum Gasteiger partial charge on any atom is 0.0428 e. The van der Waals surface area contributed by atoms with Gasteiger partial charge in [-0.3, -0.25) is 0 Å². The summed E-state index contributed by atoms with van der Waals surface area (Å²) >= 11 is 0. The fourth-order valence-electron chi connectivity index (χ4n) is 2.02. The number of benzene rings is 1. The minimum Gasteiger partial charge on any atom is -0.312 e. The molecule has 1 atom stereocenters. The highest BCUT2D eigenvalue weighted by atomic mass is 14.9. The molecule has 0 saturated carbocycles. The SMILES string of the molecule is CNC(CC#CC(C)(C)C)c1cc(C)cc(C)c1. The topological polar surface area (TPSA) is 12.0 Å². The standard InChI is InChI=1S/C17H25N/c1-13-10-14(2)12-15(11-13)16(18-6)8-7-9-17(3,4)5/h10-12,16,18H,8H2,1-6H3. The zero-order valence-corrected chi connectivity index (χ0v) is 12.5. The fraction of sp³-hybridized carbons (Fsp3) is 0.529. The second-order valence-electron chi connectivity index (χ2n) is 6.02. The molecule has 1 N–H and O–H groups in total. The predicted molar refractivity (Wildman–Crippen MR) is 79.6 cm³/mol. The Morgan fingerprint density at radius 3 is 2.11 bits per heavy atom. The Morgan fingerprint density at radius 1 is 1.11 bits per heavy atom. The summed E-state index contributed by atoms with van der Waals surface area (Å²) in [7, 11) is 2.00. The van der Waals surface area contributed by atoms with E-state index in [2.05, 4.69) is 70.0 Å². The molecular formula is C17H25N. The van der Waals surface area contributed by atoms with Crippen LogP contribution in [0, 0.1) is 31.1 Å². The Hall–Kier alpha value is -1.26. The summed E-state index contributed by atoms with van der Waals surface area (Å²) in [5.41, 5.74) is 4.04. The normalized spacial score (nSPS) is 12.8. The molecule has 0 aliphatic rings. The van der Waals surface area contributed by atoms with E-state index in [9.17, 15) is 0 Å². The van der Waals surface area contributed by atoms with E-state index in [1.807, 2.05) is 7.05 Å². The van der Waals surface area contributed by atoms with Gasteiger partial charge in [0.15, 0.2) is 0 Å². The summed E-state index contributed by atoms with van der Waals surface area (Å²) < 4.78 is 0. The molecule has 0 radical (unpaired) electrons. The van der Waals surface area contributed by atoms with Crippen molar-refractivity contribution in [2.45, 2.75) is 47.1 Å². The van der Waals surface area contributed by atoms with E-state index in [-0.39, 0.29) is 5.41 Å². The summed E-state index contributed by atoms with van der Waals surface area (Å²) in [5.74, 6) is 6.60. The van der Waals surface area contributed by atoms with Gasteiger partial charge in [-0.05, 0) is 47.2 Å². The first kappa shape index (κ1) is 14.8. The number of hydrogen-bond donors (Lipinski definition) is 1. The van der Waals surface area contributed by atoms with E-state index in [4.69, 9.17) is 0 Å². The molecule has 1 unspecified atom stereocenters. The van der Waals surface area contributed by atoms with Crippen LogP contribution in [0.4, 0.5) is 0 Å². The Bertz CT molecular complexity index is 434. The van der Waals surface area contributed by atoms with Crippen LogP contribution < -0.4 is 5.32 Å². The van der Waals surface area contributed by atoms with Crippen molar-refractivity contribution in [2.75, 3.05) is 7.05 Å². The van der Waals surface area contributed by atoms with Gasteiger partial charge in [-0.15, -0.1) is 5.92 Å². The first-order chi connectivity index (χ1) is 8.31. The molecule has 1 aromatic rings. The molecule has 1 rings (SSSR count). The first-order valence-corrected chi connectivity index (χ1v) is 6.57. The van der Waals surface area contributed by atoms with Gasteiger partial charge in [0, 0.05) is 17.9 Å². The largest absolute Gasteiger partial charge is 0.312 e. The second kappa shape index (κ2) is 6.07. The van der Waals surface area contributed by atoms with Gasteiger partial charge in [-0.2, -0.15) is 0 Å². The van der Waals surface area contributed by atoms with Crippen LogP contribution in [0.2, 0.25) is 0 Å². The molecule has 0 fully saturated rings. The van der Waals surface area contributed by atoms with Crippen molar-refractivity contribution < 1.29 is 0 Å². The monoisotopic (exact) mass is 243 g/mol. The third-order valence-electron chi connectivity index (χ3n) is 2.76. The van der Waals surface area contributed by atoms with Gasteiger partial charge in [0.25, 0.3) is 0 Å². The summed E-state index contributed by atoms with van der Waals surface area (Å²) in [6.45, 7) is 10.7. The van der Waals surface area contributed by atoms with E-state index in [0.717, 1.165) is 6.42 Å². The minimum atomic E-state index is 0.0841. The number of aryl methyl sites for hydroxylation is 2. The maximum atomic E-state index is 3.36. The number of hydrogen-bond acceptors (Lipinski definition) is 1. The van der Waals surface area contributed by atoms with Crippen molar-refractivity contribution in [3.05, 3.63) is 34.9 Å². The Morgan fingerprint density at radius 2 is 1.67 bits per heavy atom. The average molecular weight is 243 g/mol. The molecule has 0 saturated heterocycles. The van der Waals surface area contributed by atoms with Gasteiger partial charge in [0.05, 0.1) is 0 Å². The zero-order chi connectivity index (χ0) is 13.8. The van der Waals surface area contributed by atoms with Gasteiger partial charge in [-0.1, -0.05) is 35.2 Å². The Labute approximate surface area is 112 Å². The lowest BCUT2D eigenvalue weighted by Crippen LogP contribution is -2.16. The van der Waals surface area contributed by atoms with E-state index >= 15 is 0 Å². The quantitative estimate of drug-likeness (QED) is 0.791. The highest BCUT2D eigenvalue weighted by Crippen LogP contribution is 2.19. The molecule has 0 heterocycles. The smallest absolute Gasteiger partial charge is 0.0428 e. The Balaban J connectivity index is 2.86. The second-order valence-corrected chi connectivity index (χ2v) is 6.02. The van der Waals surface area contributed by atoms with Crippen LogP contribution in [0.1, 0.15) is 49.9 Å². The van der Waals surface area contributed by atoms with Gasteiger partial charge < -0.3 is 5.32 Å².